The highest BCUT2D eigenvalue weighted by atomic mass is 16.5. The molecule has 0 heterocycles. The highest BCUT2D eigenvalue weighted by Crippen LogP contribution is 2.33. The van der Waals surface area contributed by atoms with Gasteiger partial charge in [-0.2, -0.15) is 0 Å². The molecule has 4 heteroatoms. The summed E-state index contributed by atoms with van der Waals surface area (Å²) in [6.45, 7) is 2.04. The van der Waals surface area contributed by atoms with Crippen LogP contribution in [0.1, 0.15) is 18.6 Å². The molecule has 2 aromatic carbocycles. The molecule has 0 saturated carbocycles. The Labute approximate surface area is 118 Å². The number of aliphatic hydroxyl groups is 2. The van der Waals surface area contributed by atoms with E-state index in [1.165, 1.54) is 7.11 Å². The second kappa shape index (κ2) is 6.70. The van der Waals surface area contributed by atoms with Crippen molar-refractivity contribution in [2.45, 2.75) is 19.1 Å². The average Bonchev–Trinajstić information content (AvgIpc) is 2.44. The van der Waals surface area contributed by atoms with Crippen molar-refractivity contribution in [3.8, 4) is 5.75 Å². The first-order chi connectivity index (χ1) is 9.63. The molecule has 0 aliphatic carbocycles. The molecule has 0 spiro atoms. The Bertz CT molecular complexity index is 565. The van der Waals surface area contributed by atoms with E-state index in [0.29, 0.717) is 11.3 Å². The number of hydrogen-bond acceptors (Lipinski definition) is 4. The van der Waals surface area contributed by atoms with Crippen LogP contribution in [0.2, 0.25) is 0 Å². The molecule has 108 valence electrons. The monoisotopic (exact) mass is 276 g/mol. The highest BCUT2D eigenvalue weighted by Gasteiger charge is 2.14. The van der Waals surface area contributed by atoms with Crippen LogP contribution >= 0.6 is 0 Å². The van der Waals surface area contributed by atoms with Crippen LogP contribution in [0.5, 0.6) is 5.75 Å². The smallest absolute Gasteiger partial charge is 0.133 e. The fourth-order valence-corrected chi connectivity index (χ4v) is 2.17. The van der Waals surface area contributed by atoms with Crippen LogP contribution in [-0.2, 0) is 4.74 Å². The predicted molar refractivity (Wildman–Crippen MR) is 78.0 cm³/mol. The van der Waals surface area contributed by atoms with Crippen LogP contribution < -0.4 is 4.74 Å². The minimum Gasteiger partial charge on any atom is -0.490 e. The van der Waals surface area contributed by atoms with E-state index in [9.17, 15) is 10.2 Å². The number of rotatable bonds is 6. The third-order valence-electron chi connectivity index (χ3n) is 3.14. The SMILES string of the molecule is COCC(O)COc1c(C(C)O)ccc2ccccc12. The summed E-state index contributed by atoms with van der Waals surface area (Å²) in [5, 5.41) is 21.5. The lowest BCUT2D eigenvalue weighted by atomic mass is 10.0. The Kier molecular flexibility index (Phi) is 4.95. The van der Waals surface area contributed by atoms with Gasteiger partial charge in [0.05, 0.1) is 12.7 Å². The average molecular weight is 276 g/mol. The normalized spacial score (nSPS) is 14.2. The molecule has 0 bridgehead atoms. The summed E-state index contributed by atoms with van der Waals surface area (Å²) in [6.07, 6.45) is -1.32. The largest absolute Gasteiger partial charge is 0.490 e. The van der Waals surface area contributed by atoms with Crippen molar-refractivity contribution in [2.24, 2.45) is 0 Å². The molecule has 2 N–H and O–H groups in total. The molecule has 0 aliphatic rings. The van der Waals surface area contributed by atoms with E-state index < -0.39 is 12.2 Å². The summed E-state index contributed by atoms with van der Waals surface area (Å²) in [5.74, 6) is 0.619. The first-order valence-electron chi connectivity index (χ1n) is 6.63. The molecule has 20 heavy (non-hydrogen) atoms. The molecule has 0 amide bonds. The first-order valence-corrected chi connectivity index (χ1v) is 6.63. The summed E-state index contributed by atoms with van der Waals surface area (Å²) in [5.41, 5.74) is 0.716. The molecule has 2 unspecified atom stereocenters. The fourth-order valence-electron chi connectivity index (χ4n) is 2.17. The summed E-state index contributed by atoms with van der Waals surface area (Å²) in [4.78, 5) is 0. The molecule has 2 atom stereocenters. The maximum atomic E-state index is 9.87. The minimum absolute atomic E-state index is 0.127. The van der Waals surface area contributed by atoms with Crippen molar-refractivity contribution >= 4 is 10.8 Å². The number of ether oxygens (including phenoxy) is 2. The van der Waals surface area contributed by atoms with E-state index >= 15 is 0 Å². The molecule has 0 radical (unpaired) electrons. The minimum atomic E-state index is -0.694. The zero-order valence-electron chi connectivity index (χ0n) is 11.7. The molecule has 0 saturated heterocycles. The van der Waals surface area contributed by atoms with Gasteiger partial charge in [-0.25, -0.2) is 0 Å². The summed E-state index contributed by atoms with van der Waals surface area (Å²) < 4.78 is 10.6. The van der Waals surface area contributed by atoms with Gasteiger partial charge >= 0.3 is 0 Å². The zero-order valence-corrected chi connectivity index (χ0v) is 11.7. The Balaban J connectivity index is 2.34. The van der Waals surface area contributed by atoms with Crippen molar-refractivity contribution in [3.63, 3.8) is 0 Å². The lowest BCUT2D eigenvalue weighted by Gasteiger charge is -2.18. The lowest BCUT2D eigenvalue weighted by Crippen LogP contribution is -2.23. The van der Waals surface area contributed by atoms with Gasteiger partial charge in [0.1, 0.15) is 18.5 Å². The molecule has 4 nitrogen and oxygen atoms in total. The predicted octanol–water partition coefficient (Wildman–Crippen LogP) is 2.28. The van der Waals surface area contributed by atoms with Crippen molar-refractivity contribution < 1.29 is 19.7 Å². The zero-order chi connectivity index (χ0) is 14.5. The maximum absolute atomic E-state index is 9.87. The highest BCUT2D eigenvalue weighted by molar-refractivity contribution is 5.89. The van der Waals surface area contributed by atoms with E-state index in [-0.39, 0.29) is 13.2 Å². The van der Waals surface area contributed by atoms with Gasteiger partial charge in [0, 0.05) is 18.1 Å². The number of benzene rings is 2. The van der Waals surface area contributed by atoms with Crippen molar-refractivity contribution in [3.05, 3.63) is 42.0 Å². The Hall–Kier alpha value is -1.62. The second-order valence-electron chi connectivity index (χ2n) is 4.80. The number of fused-ring (bicyclic) bond motifs is 1. The van der Waals surface area contributed by atoms with Gasteiger partial charge in [0.25, 0.3) is 0 Å². The van der Waals surface area contributed by atoms with Crippen LogP contribution in [-0.4, -0.2) is 36.6 Å². The number of hydrogen-bond donors (Lipinski definition) is 2. The Morgan fingerprint density at radius 1 is 1.05 bits per heavy atom. The van der Waals surface area contributed by atoms with Gasteiger partial charge in [-0.3, -0.25) is 0 Å². The Morgan fingerprint density at radius 2 is 1.80 bits per heavy atom. The van der Waals surface area contributed by atoms with E-state index in [1.54, 1.807) is 6.92 Å². The van der Waals surface area contributed by atoms with Crippen LogP contribution in [0.25, 0.3) is 10.8 Å². The van der Waals surface area contributed by atoms with Crippen molar-refractivity contribution in [1.82, 2.24) is 0 Å². The second-order valence-corrected chi connectivity index (χ2v) is 4.80. The fraction of sp³-hybridized carbons (Fsp3) is 0.375. The van der Waals surface area contributed by atoms with Crippen molar-refractivity contribution in [1.29, 1.82) is 0 Å². The molecule has 0 aromatic heterocycles. The van der Waals surface area contributed by atoms with E-state index in [2.05, 4.69) is 0 Å². The number of aliphatic hydroxyl groups excluding tert-OH is 2. The maximum Gasteiger partial charge on any atom is 0.133 e. The van der Waals surface area contributed by atoms with Gasteiger partial charge in [-0.15, -0.1) is 0 Å². The number of methoxy groups -OCH3 is 1. The third kappa shape index (κ3) is 3.28. The molecular weight excluding hydrogens is 256 g/mol. The Morgan fingerprint density at radius 3 is 2.50 bits per heavy atom. The van der Waals surface area contributed by atoms with Gasteiger partial charge in [0.15, 0.2) is 0 Å². The van der Waals surface area contributed by atoms with Crippen LogP contribution in [0.4, 0.5) is 0 Å². The molecule has 0 fully saturated rings. The van der Waals surface area contributed by atoms with Crippen molar-refractivity contribution in [2.75, 3.05) is 20.3 Å². The molecule has 2 aromatic rings. The quantitative estimate of drug-likeness (QED) is 0.850. The lowest BCUT2D eigenvalue weighted by molar-refractivity contribution is 0.0321. The first kappa shape index (κ1) is 14.8. The van der Waals surface area contributed by atoms with Crippen LogP contribution in [0.3, 0.4) is 0 Å². The van der Waals surface area contributed by atoms with E-state index in [0.717, 1.165) is 10.8 Å². The van der Waals surface area contributed by atoms with Crippen LogP contribution in [0, 0.1) is 0 Å². The topological polar surface area (TPSA) is 58.9 Å². The van der Waals surface area contributed by atoms with Gasteiger partial charge in [-0.1, -0.05) is 36.4 Å². The summed E-state index contributed by atoms with van der Waals surface area (Å²) >= 11 is 0. The van der Waals surface area contributed by atoms with Gasteiger partial charge < -0.3 is 19.7 Å². The molecule has 0 aliphatic heterocycles. The standard InChI is InChI=1S/C16H20O4/c1-11(17)14-8-7-12-5-3-4-6-15(12)16(14)20-10-13(18)9-19-2/h3-8,11,13,17-18H,9-10H2,1-2H3. The van der Waals surface area contributed by atoms with E-state index in [4.69, 9.17) is 9.47 Å². The van der Waals surface area contributed by atoms with Crippen LogP contribution in [0.15, 0.2) is 36.4 Å². The summed E-state index contributed by atoms with van der Waals surface area (Å²) in [6, 6.07) is 11.6. The molecule has 2 rings (SSSR count). The van der Waals surface area contributed by atoms with Gasteiger partial charge in [-0.05, 0) is 12.3 Å². The molecular formula is C16H20O4. The third-order valence-corrected chi connectivity index (χ3v) is 3.14. The van der Waals surface area contributed by atoms with E-state index in [1.807, 2.05) is 36.4 Å². The van der Waals surface area contributed by atoms with Gasteiger partial charge in [0.2, 0.25) is 0 Å². The summed E-state index contributed by atoms with van der Waals surface area (Å²) in [7, 11) is 1.53.